The molecule has 0 bridgehead atoms. The Labute approximate surface area is 108 Å². The van der Waals surface area contributed by atoms with Crippen LogP contribution in [0.25, 0.3) is 0 Å². The number of hydrogen-bond acceptors (Lipinski definition) is 3. The topological polar surface area (TPSA) is 24.5 Å². The van der Waals surface area contributed by atoms with Crippen LogP contribution in [0.1, 0.15) is 5.56 Å². The monoisotopic (exact) mass is 254 g/mol. The van der Waals surface area contributed by atoms with Crippen molar-refractivity contribution in [2.75, 3.05) is 39.4 Å². The van der Waals surface area contributed by atoms with E-state index in [1.54, 1.807) is 0 Å². The number of halogens is 1. The molecule has 0 radical (unpaired) electrons. The van der Waals surface area contributed by atoms with Gasteiger partial charge in [-0.2, -0.15) is 0 Å². The van der Waals surface area contributed by atoms with Crippen molar-refractivity contribution in [3.63, 3.8) is 0 Å². The van der Waals surface area contributed by atoms with Crippen molar-refractivity contribution in [3.8, 4) is 0 Å². The predicted octanol–water partition coefficient (Wildman–Crippen LogP) is 1.76. The summed E-state index contributed by atoms with van der Waals surface area (Å²) in [5.74, 6) is 0. The summed E-state index contributed by atoms with van der Waals surface area (Å²) in [6.07, 6.45) is 0. The molecule has 1 aromatic rings. The number of rotatable bonds is 5. The van der Waals surface area contributed by atoms with Crippen LogP contribution in [0.15, 0.2) is 24.3 Å². The maximum Gasteiger partial charge on any atom is 0.0594 e. The molecule has 94 valence electrons. The lowest BCUT2D eigenvalue weighted by atomic mass is 10.2. The van der Waals surface area contributed by atoms with Crippen molar-refractivity contribution in [1.29, 1.82) is 0 Å². The highest BCUT2D eigenvalue weighted by Gasteiger charge is 2.08. The number of benzene rings is 1. The zero-order valence-corrected chi connectivity index (χ0v) is 10.7. The average molecular weight is 255 g/mol. The van der Waals surface area contributed by atoms with Crippen molar-refractivity contribution in [2.45, 2.75) is 6.54 Å². The van der Waals surface area contributed by atoms with E-state index >= 15 is 0 Å². The first kappa shape index (κ1) is 12.8. The van der Waals surface area contributed by atoms with Crippen LogP contribution in [0.2, 0.25) is 5.02 Å². The molecule has 1 fully saturated rings. The van der Waals surface area contributed by atoms with Crippen LogP contribution >= 0.6 is 11.6 Å². The quantitative estimate of drug-likeness (QED) is 0.811. The number of nitrogens with zero attached hydrogens (tertiary/aromatic N) is 1. The number of ether oxygens (including phenoxy) is 1. The normalized spacial score (nSPS) is 17.2. The van der Waals surface area contributed by atoms with Crippen LogP contribution in [0, 0.1) is 0 Å². The van der Waals surface area contributed by atoms with Gasteiger partial charge >= 0.3 is 0 Å². The van der Waals surface area contributed by atoms with E-state index in [-0.39, 0.29) is 0 Å². The van der Waals surface area contributed by atoms with Crippen LogP contribution in [0.4, 0.5) is 0 Å². The van der Waals surface area contributed by atoms with Gasteiger partial charge in [0, 0.05) is 37.7 Å². The number of hydrogen-bond donors (Lipinski definition) is 1. The molecule has 17 heavy (non-hydrogen) atoms. The van der Waals surface area contributed by atoms with Crippen LogP contribution in [-0.2, 0) is 11.3 Å². The van der Waals surface area contributed by atoms with Gasteiger partial charge in [0.05, 0.1) is 13.2 Å². The molecule has 4 heteroatoms. The third-order valence-electron chi connectivity index (χ3n) is 2.95. The fourth-order valence-electron chi connectivity index (χ4n) is 1.90. The van der Waals surface area contributed by atoms with Gasteiger partial charge in [-0.3, -0.25) is 4.90 Å². The van der Waals surface area contributed by atoms with E-state index in [2.05, 4.69) is 22.3 Å². The minimum absolute atomic E-state index is 0.794. The molecule has 3 nitrogen and oxygen atoms in total. The Kier molecular flexibility index (Phi) is 5.26. The van der Waals surface area contributed by atoms with Crippen LogP contribution in [0.5, 0.6) is 0 Å². The molecule has 0 unspecified atom stereocenters. The van der Waals surface area contributed by atoms with Crippen molar-refractivity contribution < 1.29 is 4.74 Å². The molecule has 0 aliphatic carbocycles. The highest BCUT2D eigenvalue weighted by molar-refractivity contribution is 6.30. The maximum atomic E-state index is 5.84. The van der Waals surface area contributed by atoms with E-state index in [9.17, 15) is 0 Å². The smallest absolute Gasteiger partial charge is 0.0594 e. The van der Waals surface area contributed by atoms with Crippen LogP contribution < -0.4 is 5.32 Å². The van der Waals surface area contributed by atoms with Gasteiger partial charge in [0.15, 0.2) is 0 Å². The summed E-state index contributed by atoms with van der Waals surface area (Å²) in [5, 5.41) is 4.24. The predicted molar refractivity (Wildman–Crippen MR) is 70.4 cm³/mol. The summed E-state index contributed by atoms with van der Waals surface area (Å²) in [6.45, 7) is 6.88. The van der Waals surface area contributed by atoms with Crippen LogP contribution in [0.3, 0.4) is 0 Å². The summed E-state index contributed by atoms with van der Waals surface area (Å²) in [7, 11) is 0. The lowest BCUT2D eigenvalue weighted by Gasteiger charge is -2.26. The zero-order valence-electron chi connectivity index (χ0n) is 9.99. The van der Waals surface area contributed by atoms with Crippen LogP contribution in [-0.4, -0.2) is 44.3 Å². The van der Waals surface area contributed by atoms with Gasteiger partial charge in [0.1, 0.15) is 0 Å². The second-order valence-corrected chi connectivity index (χ2v) is 4.69. The van der Waals surface area contributed by atoms with Crippen molar-refractivity contribution >= 4 is 11.6 Å². The van der Waals surface area contributed by atoms with Gasteiger partial charge in [-0.25, -0.2) is 0 Å². The average Bonchev–Trinajstić information content (AvgIpc) is 2.38. The highest BCUT2D eigenvalue weighted by atomic mass is 35.5. The zero-order chi connectivity index (χ0) is 11.9. The Balaban J connectivity index is 1.60. The molecule has 0 atom stereocenters. The SMILES string of the molecule is Clc1ccc(CNCCN2CCOCC2)cc1. The first-order valence-electron chi connectivity index (χ1n) is 6.10. The first-order valence-corrected chi connectivity index (χ1v) is 6.48. The summed E-state index contributed by atoms with van der Waals surface area (Å²) in [6, 6.07) is 7.98. The van der Waals surface area contributed by atoms with E-state index in [0.29, 0.717) is 0 Å². The molecular weight excluding hydrogens is 236 g/mol. The lowest BCUT2D eigenvalue weighted by molar-refractivity contribution is 0.0384. The third kappa shape index (κ3) is 4.64. The minimum atomic E-state index is 0.794. The molecule has 1 aliphatic heterocycles. The van der Waals surface area contributed by atoms with E-state index in [1.807, 2.05) is 12.1 Å². The summed E-state index contributed by atoms with van der Waals surface area (Å²) < 4.78 is 5.31. The Hall–Kier alpha value is -0.610. The van der Waals surface area contributed by atoms with Crippen molar-refractivity contribution in [2.24, 2.45) is 0 Å². The van der Waals surface area contributed by atoms with E-state index in [0.717, 1.165) is 51.0 Å². The minimum Gasteiger partial charge on any atom is -0.379 e. The lowest BCUT2D eigenvalue weighted by Crippen LogP contribution is -2.40. The molecule has 0 aromatic heterocycles. The molecule has 0 spiro atoms. The first-order chi connectivity index (χ1) is 8.34. The second kappa shape index (κ2) is 6.97. The fourth-order valence-corrected chi connectivity index (χ4v) is 2.02. The molecular formula is C13H19ClN2O. The fraction of sp³-hybridized carbons (Fsp3) is 0.538. The van der Waals surface area contributed by atoms with E-state index in [4.69, 9.17) is 16.3 Å². The standard InChI is InChI=1S/C13H19ClN2O/c14-13-3-1-12(2-4-13)11-15-5-6-16-7-9-17-10-8-16/h1-4,15H,5-11H2. The van der Waals surface area contributed by atoms with Gasteiger partial charge in [0.25, 0.3) is 0 Å². The van der Waals surface area contributed by atoms with Gasteiger partial charge < -0.3 is 10.1 Å². The van der Waals surface area contributed by atoms with Crippen molar-refractivity contribution in [1.82, 2.24) is 10.2 Å². The molecule has 1 N–H and O–H groups in total. The number of morpholine rings is 1. The molecule has 1 heterocycles. The Morgan fingerprint density at radius 1 is 1.18 bits per heavy atom. The van der Waals surface area contributed by atoms with Gasteiger partial charge in [0.2, 0.25) is 0 Å². The van der Waals surface area contributed by atoms with E-state index in [1.165, 1.54) is 5.56 Å². The van der Waals surface area contributed by atoms with Gasteiger partial charge in [-0.1, -0.05) is 23.7 Å². The molecule has 1 saturated heterocycles. The second-order valence-electron chi connectivity index (χ2n) is 4.26. The van der Waals surface area contributed by atoms with E-state index < -0.39 is 0 Å². The molecule has 2 rings (SSSR count). The Morgan fingerprint density at radius 3 is 2.59 bits per heavy atom. The summed E-state index contributed by atoms with van der Waals surface area (Å²) >= 11 is 5.84. The molecule has 0 amide bonds. The molecule has 0 saturated carbocycles. The molecule has 1 aliphatic rings. The summed E-state index contributed by atoms with van der Waals surface area (Å²) in [5.41, 5.74) is 1.27. The van der Waals surface area contributed by atoms with Gasteiger partial charge in [-0.15, -0.1) is 0 Å². The van der Waals surface area contributed by atoms with Gasteiger partial charge in [-0.05, 0) is 17.7 Å². The number of nitrogens with one attached hydrogen (secondary N) is 1. The van der Waals surface area contributed by atoms with Crippen molar-refractivity contribution in [3.05, 3.63) is 34.9 Å². The maximum absolute atomic E-state index is 5.84. The third-order valence-corrected chi connectivity index (χ3v) is 3.20. The largest absolute Gasteiger partial charge is 0.379 e. The highest BCUT2D eigenvalue weighted by Crippen LogP contribution is 2.08. The Bertz CT molecular complexity index is 323. The molecule has 1 aromatic carbocycles. The summed E-state index contributed by atoms with van der Waals surface area (Å²) in [4.78, 5) is 2.43. The Morgan fingerprint density at radius 2 is 1.88 bits per heavy atom.